The Morgan fingerprint density at radius 3 is 2.52 bits per heavy atom. The number of furan rings is 1. The third-order valence-corrected chi connectivity index (χ3v) is 3.85. The lowest BCUT2D eigenvalue weighted by Gasteiger charge is -2.33. The van der Waals surface area contributed by atoms with Gasteiger partial charge in [0.15, 0.2) is 5.76 Å². The van der Waals surface area contributed by atoms with Gasteiger partial charge in [-0.15, -0.1) is 0 Å². The summed E-state index contributed by atoms with van der Waals surface area (Å²) in [4.78, 5) is 33.1. The highest BCUT2D eigenvalue weighted by Crippen LogP contribution is 2.36. The van der Waals surface area contributed by atoms with Gasteiger partial charge in [0.2, 0.25) is 0 Å². The number of carboxylic acids is 1. The molecule has 0 aliphatic heterocycles. The molecule has 1 saturated carbocycles. The molecular formula is C13H16N2O6. The number of carbonyl (C=O) groups is 2. The first-order valence-corrected chi connectivity index (χ1v) is 6.70. The number of amides is 1. The van der Waals surface area contributed by atoms with Gasteiger partial charge in [-0.2, -0.15) is 0 Å². The van der Waals surface area contributed by atoms with Gasteiger partial charge < -0.3 is 14.8 Å². The Bertz CT molecular complexity index is 559. The summed E-state index contributed by atoms with van der Waals surface area (Å²) in [6.07, 6.45) is 3.65. The number of aliphatic carboxylic acids is 1. The highest BCUT2D eigenvalue weighted by molar-refractivity contribution is 5.92. The maximum Gasteiger partial charge on any atom is 0.433 e. The van der Waals surface area contributed by atoms with Crippen LogP contribution in [-0.2, 0) is 4.79 Å². The lowest BCUT2D eigenvalue weighted by molar-refractivity contribution is -0.402. The van der Waals surface area contributed by atoms with Crippen molar-refractivity contribution in [2.45, 2.75) is 32.1 Å². The van der Waals surface area contributed by atoms with Crippen molar-refractivity contribution in [2.24, 2.45) is 5.41 Å². The third-order valence-electron chi connectivity index (χ3n) is 3.85. The molecule has 2 rings (SSSR count). The summed E-state index contributed by atoms with van der Waals surface area (Å²) in [5, 5.41) is 22.4. The minimum absolute atomic E-state index is 0.00430. The molecule has 0 saturated heterocycles. The molecule has 0 spiro atoms. The summed E-state index contributed by atoms with van der Waals surface area (Å²) in [6.45, 7) is -0.00430. The Hall–Kier alpha value is -2.38. The van der Waals surface area contributed by atoms with Crippen LogP contribution in [0.15, 0.2) is 16.5 Å². The Morgan fingerprint density at radius 2 is 2.00 bits per heavy atom. The molecule has 1 aliphatic rings. The van der Waals surface area contributed by atoms with Gasteiger partial charge in [-0.05, 0) is 18.9 Å². The molecule has 8 heteroatoms. The van der Waals surface area contributed by atoms with Crippen LogP contribution in [0.2, 0.25) is 0 Å². The van der Waals surface area contributed by atoms with Gasteiger partial charge in [0, 0.05) is 6.54 Å². The fraction of sp³-hybridized carbons (Fsp3) is 0.538. The summed E-state index contributed by atoms with van der Waals surface area (Å²) in [6, 6.07) is 2.28. The second kappa shape index (κ2) is 5.94. The smallest absolute Gasteiger partial charge is 0.433 e. The van der Waals surface area contributed by atoms with Gasteiger partial charge >= 0.3 is 11.9 Å². The standard InChI is InChI=1S/C13H16N2O6/c16-11(9-4-5-10(21-9)15(19)20)14-8-13(12(17)18)6-2-1-3-7-13/h4-5H,1-3,6-8H2,(H,14,16)(H,17,18). The van der Waals surface area contributed by atoms with Crippen LogP contribution in [-0.4, -0.2) is 28.5 Å². The van der Waals surface area contributed by atoms with Crippen LogP contribution in [0.25, 0.3) is 0 Å². The molecule has 1 amide bonds. The number of rotatable bonds is 5. The van der Waals surface area contributed by atoms with Crippen LogP contribution in [0.3, 0.4) is 0 Å². The average Bonchev–Trinajstić information content (AvgIpc) is 2.95. The van der Waals surface area contributed by atoms with Crippen molar-refractivity contribution in [3.8, 4) is 0 Å². The molecule has 0 unspecified atom stereocenters. The van der Waals surface area contributed by atoms with Crippen molar-refractivity contribution < 1.29 is 24.0 Å². The maximum absolute atomic E-state index is 11.9. The number of nitro groups is 1. The second-order valence-electron chi connectivity index (χ2n) is 5.22. The van der Waals surface area contributed by atoms with Crippen LogP contribution in [0.1, 0.15) is 42.7 Å². The Balaban J connectivity index is 2.01. The van der Waals surface area contributed by atoms with E-state index in [0.717, 1.165) is 25.3 Å². The summed E-state index contributed by atoms with van der Waals surface area (Å²) >= 11 is 0. The highest BCUT2D eigenvalue weighted by atomic mass is 16.6. The van der Waals surface area contributed by atoms with E-state index >= 15 is 0 Å². The molecule has 2 N–H and O–H groups in total. The van der Waals surface area contributed by atoms with E-state index in [4.69, 9.17) is 4.42 Å². The molecule has 0 aromatic carbocycles. The lowest BCUT2D eigenvalue weighted by atomic mass is 9.74. The van der Waals surface area contributed by atoms with Crippen molar-refractivity contribution >= 4 is 17.8 Å². The van der Waals surface area contributed by atoms with Crippen LogP contribution < -0.4 is 5.32 Å². The fourth-order valence-electron chi connectivity index (χ4n) is 2.58. The van der Waals surface area contributed by atoms with Crippen molar-refractivity contribution in [1.82, 2.24) is 5.32 Å². The van der Waals surface area contributed by atoms with Gasteiger partial charge in [-0.25, -0.2) is 0 Å². The van der Waals surface area contributed by atoms with Gasteiger partial charge in [0.25, 0.3) is 5.91 Å². The Morgan fingerprint density at radius 1 is 1.33 bits per heavy atom. The normalized spacial score (nSPS) is 17.1. The van der Waals surface area contributed by atoms with Gasteiger partial charge in [-0.1, -0.05) is 19.3 Å². The van der Waals surface area contributed by atoms with Gasteiger partial charge in [0.05, 0.1) is 11.5 Å². The zero-order valence-corrected chi connectivity index (χ0v) is 11.3. The SMILES string of the molecule is O=C(NCC1(C(=O)O)CCCCC1)c1ccc([N+](=O)[O-])o1. The largest absolute Gasteiger partial charge is 0.481 e. The van der Waals surface area contributed by atoms with Crippen LogP contribution in [0, 0.1) is 15.5 Å². The molecule has 1 heterocycles. The van der Waals surface area contributed by atoms with E-state index in [1.165, 1.54) is 6.07 Å². The van der Waals surface area contributed by atoms with Crippen molar-refractivity contribution in [3.05, 3.63) is 28.0 Å². The number of carboxylic acid groups (broad SMARTS) is 1. The predicted octanol–water partition coefficient (Wildman–Crippen LogP) is 1.95. The van der Waals surface area contributed by atoms with Crippen molar-refractivity contribution in [2.75, 3.05) is 6.54 Å². The molecule has 21 heavy (non-hydrogen) atoms. The number of nitrogens with one attached hydrogen (secondary N) is 1. The summed E-state index contributed by atoms with van der Waals surface area (Å²) in [5.41, 5.74) is -0.952. The van der Waals surface area contributed by atoms with Crippen LogP contribution in [0.5, 0.6) is 0 Å². The minimum Gasteiger partial charge on any atom is -0.481 e. The molecule has 8 nitrogen and oxygen atoms in total. The first-order valence-electron chi connectivity index (χ1n) is 6.70. The van der Waals surface area contributed by atoms with Crippen LogP contribution >= 0.6 is 0 Å². The quantitative estimate of drug-likeness (QED) is 0.632. The summed E-state index contributed by atoms with van der Waals surface area (Å²) in [7, 11) is 0. The summed E-state index contributed by atoms with van der Waals surface area (Å²) < 4.78 is 4.78. The third kappa shape index (κ3) is 3.21. The van der Waals surface area contributed by atoms with E-state index in [1.54, 1.807) is 0 Å². The number of hydrogen-bond acceptors (Lipinski definition) is 5. The maximum atomic E-state index is 11.9. The number of carbonyl (C=O) groups excluding carboxylic acids is 1. The monoisotopic (exact) mass is 296 g/mol. The molecular weight excluding hydrogens is 280 g/mol. The van der Waals surface area contributed by atoms with E-state index in [9.17, 15) is 24.8 Å². The molecule has 1 aliphatic carbocycles. The Labute approximate surface area is 120 Å². The highest BCUT2D eigenvalue weighted by Gasteiger charge is 2.40. The molecule has 0 radical (unpaired) electrons. The van der Waals surface area contributed by atoms with Crippen molar-refractivity contribution in [3.63, 3.8) is 0 Å². The van der Waals surface area contributed by atoms with E-state index in [2.05, 4.69) is 5.32 Å². The molecule has 114 valence electrons. The minimum atomic E-state index is -0.952. The topological polar surface area (TPSA) is 123 Å². The van der Waals surface area contributed by atoms with E-state index in [0.29, 0.717) is 12.8 Å². The van der Waals surface area contributed by atoms with E-state index in [-0.39, 0.29) is 12.3 Å². The lowest BCUT2D eigenvalue weighted by Crippen LogP contribution is -2.44. The molecule has 0 bridgehead atoms. The number of hydrogen-bond donors (Lipinski definition) is 2. The van der Waals surface area contributed by atoms with Gasteiger partial charge in [-0.3, -0.25) is 19.7 Å². The molecule has 1 aromatic heterocycles. The molecule has 1 aromatic rings. The zero-order chi connectivity index (χ0) is 15.5. The first-order chi connectivity index (χ1) is 9.94. The molecule has 0 atom stereocenters. The van der Waals surface area contributed by atoms with Gasteiger partial charge in [0.1, 0.15) is 4.92 Å². The zero-order valence-electron chi connectivity index (χ0n) is 11.3. The Kier molecular flexibility index (Phi) is 4.25. The number of nitrogens with zero attached hydrogens (tertiary/aromatic N) is 1. The molecule has 1 fully saturated rings. The fourth-order valence-corrected chi connectivity index (χ4v) is 2.58. The average molecular weight is 296 g/mol. The van der Waals surface area contributed by atoms with E-state index in [1.807, 2.05) is 0 Å². The van der Waals surface area contributed by atoms with Crippen LogP contribution in [0.4, 0.5) is 5.88 Å². The summed E-state index contributed by atoms with van der Waals surface area (Å²) in [5.74, 6) is -2.29. The van der Waals surface area contributed by atoms with Crippen molar-refractivity contribution in [1.29, 1.82) is 0 Å². The first kappa shape index (κ1) is 15.0. The van der Waals surface area contributed by atoms with E-state index < -0.39 is 28.1 Å². The predicted molar refractivity (Wildman–Crippen MR) is 70.8 cm³/mol. The second-order valence-corrected chi connectivity index (χ2v) is 5.22.